The van der Waals surface area contributed by atoms with Crippen LogP contribution in [0.4, 0.5) is 0 Å². The highest BCUT2D eigenvalue weighted by Crippen LogP contribution is 2.17. The quantitative estimate of drug-likeness (QED) is 0.801. The predicted octanol–water partition coefficient (Wildman–Crippen LogP) is 1.82. The van der Waals surface area contributed by atoms with Crippen molar-refractivity contribution in [2.75, 3.05) is 39.3 Å². The number of nitrogens with zero attached hydrogens (tertiary/aromatic N) is 1. The second-order valence-electron chi connectivity index (χ2n) is 5.31. The summed E-state index contributed by atoms with van der Waals surface area (Å²) < 4.78 is 0. The Balaban J connectivity index is 0.00000220. The lowest BCUT2D eigenvalue weighted by Crippen LogP contribution is -2.46. The Morgan fingerprint density at radius 3 is 2.81 bits per heavy atom. The van der Waals surface area contributed by atoms with E-state index in [0.717, 1.165) is 52.1 Å². The number of amides is 1. The van der Waals surface area contributed by atoms with Crippen LogP contribution in [-0.2, 0) is 11.2 Å². The fourth-order valence-corrected chi connectivity index (χ4v) is 3.35. The second-order valence-corrected chi connectivity index (χ2v) is 6.68. The van der Waals surface area contributed by atoms with Gasteiger partial charge in [0.15, 0.2) is 0 Å². The standard InChI is InChI=1S/C15H25N3OS.ClH/c1-13-5-6-14(20-13)3-2-4-15(19)17-9-12-18-10-7-16-8-11-18;/h5-6,16H,2-4,7-12H2,1H3,(H,17,19);1H. The van der Waals surface area contributed by atoms with Gasteiger partial charge >= 0.3 is 0 Å². The first-order valence-electron chi connectivity index (χ1n) is 7.49. The van der Waals surface area contributed by atoms with Crippen LogP contribution in [0, 0.1) is 6.92 Å². The van der Waals surface area contributed by atoms with Gasteiger partial charge in [-0.25, -0.2) is 0 Å². The highest BCUT2D eigenvalue weighted by molar-refractivity contribution is 7.11. The molecule has 0 aliphatic carbocycles. The molecule has 4 nitrogen and oxygen atoms in total. The number of hydrogen-bond donors (Lipinski definition) is 2. The number of rotatable bonds is 7. The molecule has 0 saturated carbocycles. The van der Waals surface area contributed by atoms with Crippen molar-refractivity contribution in [3.8, 4) is 0 Å². The lowest BCUT2D eigenvalue weighted by molar-refractivity contribution is -0.121. The van der Waals surface area contributed by atoms with Gasteiger partial charge in [-0.3, -0.25) is 9.69 Å². The molecule has 1 aliphatic heterocycles. The first kappa shape index (κ1) is 18.4. The van der Waals surface area contributed by atoms with Crippen molar-refractivity contribution in [2.45, 2.75) is 26.2 Å². The van der Waals surface area contributed by atoms with Crippen molar-refractivity contribution in [3.63, 3.8) is 0 Å². The number of piperazine rings is 1. The molecule has 1 aromatic heterocycles. The predicted molar refractivity (Wildman–Crippen MR) is 91.6 cm³/mol. The molecule has 2 rings (SSSR count). The SMILES string of the molecule is Cc1ccc(CCCC(=O)NCCN2CCNCC2)s1.Cl. The second kappa shape index (κ2) is 10.2. The molecule has 1 amide bonds. The van der Waals surface area contributed by atoms with Crippen LogP contribution in [0.3, 0.4) is 0 Å². The molecule has 0 aromatic carbocycles. The van der Waals surface area contributed by atoms with Gasteiger partial charge in [-0.1, -0.05) is 0 Å². The van der Waals surface area contributed by atoms with E-state index in [1.54, 1.807) is 0 Å². The molecule has 1 aromatic rings. The Kier molecular flexibility index (Phi) is 8.92. The van der Waals surface area contributed by atoms with Gasteiger partial charge in [0, 0.05) is 55.4 Å². The van der Waals surface area contributed by atoms with E-state index >= 15 is 0 Å². The van der Waals surface area contributed by atoms with Gasteiger partial charge in [0.25, 0.3) is 0 Å². The van der Waals surface area contributed by atoms with Crippen molar-refractivity contribution in [1.29, 1.82) is 0 Å². The molecule has 0 radical (unpaired) electrons. The maximum absolute atomic E-state index is 11.7. The molecule has 0 atom stereocenters. The Labute approximate surface area is 137 Å². The lowest BCUT2D eigenvalue weighted by atomic mass is 10.2. The number of carbonyl (C=O) groups is 1. The third kappa shape index (κ3) is 7.27. The summed E-state index contributed by atoms with van der Waals surface area (Å²) in [5.74, 6) is 0.188. The lowest BCUT2D eigenvalue weighted by Gasteiger charge is -2.27. The molecule has 1 saturated heterocycles. The van der Waals surface area contributed by atoms with E-state index in [1.807, 2.05) is 11.3 Å². The maximum Gasteiger partial charge on any atom is 0.220 e. The minimum Gasteiger partial charge on any atom is -0.355 e. The summed E-state index contributed by atoms with van der Waals surface area (Å²) in [5.41, 5.74) is 0. The first-order chi connectivity index (χ1) is 9.74. The first-order valence-corrected chi connectivity index (χ1v) is 8.31. The van der Waals surface area contributed by atoms with Crippen molar-refractivity contribution >= 4 is 29.7 Å². The molecule has 1 aliphatic rings. The van der Waals surface area contributed by atoms with Crippen LogP contribution in [0.25, 0.3) is 0 Å². The molecule has 2 heterocycles. The largest absolute Gasteiger partial charge is 0.355 e. The fraction of sp³-hybridized carbons (Fsp3) is 0.667. The van der Waals surface area contributed by atoms with Crippen molar-refractivity contribution in [3.05, 3.63) is 21.9 Å². The van der Waals surface area contributed by atoms with Crippen LogP contribution in [0.1, 0.15) is 22.6 Å². The Morgan fingerprint density at radius 2 is 2.14 bits per heavy atom. The zero-order valence-electron chi connectivity index (χ0n) is 12.7. The monoisotopic (exact) mass is 331 g/mol. The van der Waals surface area contributed by atoms with E-state index in [4.69, 9.17) is 0 Å². The normalized spacial score (nSPS) is 15.5. The van der Waals surface area contributed by atoms with Gasteiger partial charge in [-0.2, -0.15) is 0 Å². The van der Waals surface area contributed by atoms with E-state index in [9.17, 15) is 4.79 Å². The molecule has 0 spiro atoms. The third-order valence-electron chi connectivity index (χ3n) is 3.58. The third-order valence-corrected chi connectivity index (χ3v) is 4.64. The number of carbonyl (C=O) groups excluding carboxylic acids is 1. The van der Waals surface area contributed by atoms with Crippen molar-refractivity contribution < 1.29 is 4.79 Å². The van der Waals surface area contributed by atoms with Crippen LogP contribution in [0.15, 0.2) is 12.1 Å². The minimum absolute atomic E-state index is 0. The Hall–Kier alpha value is -0.620. The summed E-state index contributed by atoms with van der Waals surface area (Å²) in [4.78, 5) is 16.9. The van der Waals surface area contributed by atoms with Crippen LogP contribution in [0.2, 0.25) is 0 Å². The van der Waals surface area contributed by atoms with Gasteiger partial charge in [0.1, 0.15) is 0 Å². The maximum atomic E-state index is 11.7. The minimum atomic E-state index is 0. The van der Waals surface area contributed by atoms with E-state index in [2.05, 4.69) is 34.6 Å². The summed E-state index contributed by atoms with van der Waals surface area (Å²) in [5, 5.41) is 6.35. The average molecular weight is 332 g/mol. The van der Waals surface area contributed by atoms with Gasteiger partial charge in [-0.15, -0.1) is 23.7 Å². The molecule has 1 fully saturated rings. The van der Waals surface area contributed by atoms with Gasteiger partial charge in [0.05, 0.1) is 0 Å². The van der Waals surface area contributed by atoms with Crippen molar-refractivity contribution in [2.24, 2.45) is 0 Å². The number of thiophene rings is 1. The van der Waals surface area contributed by atoms with Crippen molar-refractivity contribution in [1.82, 2.24) is 15.5 Å². The van der Waals surface area contributed by atoms with E-state index < -0.39 is 0 Å². The van der Waals surface area contributed by atoms with Crippen LogP contribution in [0.5, 0.6) is 0 Å². The highest BCUT2D eigenvalue weighted by atomic mass is 35.5. The molecule has 2 N–H and O–H groups in total. The average Bonchev–Trinajstić information content (AvgIpc) is 2.86. The molecular weight excluding hydrogens is 306 g/mol. The van der Waals surface area contributed by atoms with Gasteiger partial charge in [0.2, 0.25) is 5.91 Å². The van der Waals surface area contributed by atoms with E-state index in [-0.39, 0.29) is 18.3 Å². The summed E-state index contributed by atoms with van der Waals surface area (Å²) in [6, 6.07) is 4.32. The molecule has 0 bridgehead atoms. The van der Waals surface area contributed by atoms with Gasteiger partial charge < -0.3 is 10.6 Å². The number of aryl methyl sites for hydroxylation is 2. The summed E-state index contributed by atoms with van der Waals surface area (Å²) in [7, 11) is 0. The summed E-state index contributed by atoms with van der Waals surface area (Å²) in [6.07, 6.45) is 2.60. The molecule has 120 valence electrons. The van der Waals surface area contributed by atoms with Crippen LogP contribution in [-0.4, -0.2) is 50.1 Å². The zero-order valence-corrected chi connectivity index (χ0v) is 14.3. The molecule has 21 heavy (non-hydrogen) atoms. The summed E-state index contributed by atoms with van der Waals surface area (Å²) in [6.45, 7) is 8.18. The summed E-state index contributed by atoms with van der Waals surface area (Å²) >= 11 is 1.83. The number of hydrogen-bond acceptors (Lipinski definition) is 4. The van der Waals surface area contributed by atoms with E-state index in [0.29, 0.717) is 6.42 Å². The molecule has 0 unspecified atom stereocenters. The highest BCUT2D eigenvalue weighted by Gasteiger charge is 2.09. The fourth-order valence-electron chi connectivity index (χ4n) is 2.42. The molecular formula is C15H26ClN3OS. The number of halogens is 1. The zero-order chi connectivity index (χ0) is 14.2. The van der Waals surface area contributed by atoms with Gasteiger partial charge in [-0.05, 0) is 31.9 Å². The van der Waals surface area contributed by atoms with Crippen LogP contribution < -0.4 is 10.6 Å². The van der Waals surface area contributed by atoms with E-state index in [1.165, 1.54) is 9.75 Å². The van der Waals surface area contributed by atoms with Crippen LogP contribution >= 0.6 is 23.7 Å². The smallest absolute Gasteiger partial charge is 0.220 e. The number of nitrogens with one attached hydrogen (secondary N) is 2. The Bertz CT molecular complexity index is 419. The topological polar surface area (TPSA) is 44.4 Å². The molecule has 6 heteroatoms. The Morgan fingerprint density at radius 1 is 1.38 bits per heavy atom.